The highest BCUT2D eigenvalue weighted by atomic mass is 32.1. The molecule has 0 bridgehead atoms. The summed E-state index contributed by atoms with van der Waals surface area (Å²) in [5.41, 5.74) is 2.10. The van der Waals surface area contributed by atoms with Crippen LogP contribution in [-0.4, -0.2) is 45.2 Å². The lowest BCUT2D eigenvalue weighted by molar-refractivity contribution is 0.0734. The number of aromatic nitrogens is 1. The van der Waals surface area contributed by atoms with E-state index >= 15 is 0 Å². The Morgan fingerprint density at radius 2 is 1.69 bits per heavy atom. The van der Waals surface area contributed by atoms with E-state index < -0.39 is 5.97 Å². The van der Waals surface area contributed by atoms with Crippen LogP contribution in [0.15, 0.2) is 69.4 Å². The molecular formula is C25H23N3O5S2. The molecule has 0 radical (unpaired) electrons. The van der Waals surface area contributed by atoms with Crippen molar-refractivity contribution < 1.29 is 23.7 Å². The number of hydrogen-bond acceptors (Lipinski definition) is 9. The minimum absolute atomic E-state index is 0.274. The number of carbonyl (C=O) groups excluding carboxylic acids is 1. The van der Waals surface area contributed by atoms with Crippen LogP contribution in [-0.2, 0) is 0 Å². The maximum absolute atomic E-state index is 12.7. The lowest BCUT2D eigenvalue weighted by Gasteiger charge is -2.13. The van der Waals surface area contributed by atoms with Gasteiger partial charge in [-0.15, -0.1) is 22.7 Å². The number of benzene rings is 2. The van der Waals surface area contributed by atoms with Gasteiger partial charge < -0.3 is 18.9 Å². The Hall–Kier alpha value is -3.89. The monoisotopic (exact) mass is 509 g/mol. The van der Waals surface area contributed by atoms with Crippen molar-refractivity contribution in [3.8, 4) is 33.6 Å². The molecule has 0 unspecified atom stereocenters. The number of esters is 1. The topological polar surface area (TPSA) is 83.6 Å². The third kappa shape index (κ3) is 5.28. The normalized spacial score (nSPS) is 11.6. The zero-order valence-electron chi connectivity index (χ0n) is 19.6. The van der Waals surface area contributed by atoms with Crippen molar-refractivity contribution in [3.05, 3.63) is 75.2 Å². The highest BCUT2D eigenvalue weighted by Crippen LogP contribution is 2.38. The Labute approximate surface area is 210 Å². The molecule has 0 atom stereocenters. The summed E-state index contributed by atoms with van der Waals surface area (Å²) >= 11 is 3.18. The first-order valence-electron chi connectivity index (χ1n) is 10.4. The second-order valence-corrected chi connectivity index (χ2v) is 8.82. The summed E-state index contributed by atoms with van der Waals surface area (Å²) in [6, 6.07) is 14.2. The van der Waals surface area contributed by atoms with E-state index in [-0.39, 0.29) is 5.56 Å². The van der Waals surface area contributed by atoms with E-state index in [2.05, 4.69) is 16.2 Å². The fourth-order valence-electron chi connectivity index (χ4n) is 3.27. The van der Waals surface area contributed by atoms with Crippen LogP contribution in [0, 0.1) is 0 Å². The minimum Gasteiger partial charge on any atom is -0.493 e. The summed E-state index contributed by atoms with van der Waals surface area (Å²) in [5, 5.41) is 8.69. The first kappa shape index (κ1) is 24.2. The van der Waals surface area contributed by atoms with Crippen molar-refractivity contribution in [2.45, 2.75) is 0 Å². The molecule has 4 aromatic rings. The van der Waals surface area contributed by atoms with Crippen LogP contribution >= 0.6 is 22.7 Å². The lowest BCUT2D eigenvalue weighted by Crippen LogP contribution is -2.11. The Kier molecular flexibility index (Phi) is 7.64. The third-order valence-electron chi connectivity index (χ3n) is 4.96. The molecule has 8 nitrogen and oxygen atoms in total. The van der Waals surface area contributed by atoms with Gasteiger partial charge >= 0.3 is 5.97 Å². The molecule has 0 aliphatic heterocycles. The molecule has 0 aliphatic carbocycles. The Bertz CT molecular complexity index is 1380. The van der Waals surface area contributed by atoms with Crippen LogP contribution in [0.2, 0.25) is 0 Å². The van der Waals surface area contributed by atoms with Gasteiger partial charge in [-0.2, -0.15) is 5.10 Å². The molecule has 180 valence electrons. The number of rotatable bonds is 8. The van der Waals surface area contributed by atoms with E-state index in [0.29, 0.717) is 23.0 Å². The van der Waals surface area contributed by atoms with Crippen LogP contribution in [0.25, 0.3) is 10.6 Å². The molecule has 0 saturated carbocycles. The average Bonchev–Trinajstić information content (AvgIpc) is 3.57. The molecule has 0 fully saturated rings. The number of thiophene rings is 1. The Balaban J connectivity index is 1.52. The zero-order chi connectivity index (χ0) is 24.8. The fraction of sp³-hybridized carbons (Fsp3) is 0.160. The lowest BCUT2D eigenvalue weighted by atomic mass is 10.2. The van der Waals surface area contributed by atoms with E-state index in [1.54, 1.807) is 48.9 Å². The predicted octanol–water partition coefficient (Wildman–Crippen LogP) is 4.94. The molecule has 0 saturated heterocycles. The molecule has 2 aromatic carbocycles. The van der Waals surface area contributed by atoms with Gasteiger partial charge in [-0.05, 0) is 53.4 Å². The van der Waals surface area contributed by atoms with Crippen molar-refractivity contribution in [3.63, 3.8) is 0 Å². The fourth-order valence-corrected chi connectivity index (χ4v) is 4.86. The molecule has 0 amide bonds. The van der Waals surface area contributed by atoms with Crippen LogP contribution in [0.1, 0.15) is 15.9 Å². The average molecular weight is 510 g/mol. The molecule has 4 rings (SSSR count). The summed E-state index contributed by atoms with van der Waals surface area (Å²) < 4.78 is 23.3. The van der Waals surface area contributed by atoms with E-state index in [9.17, 15) is 4.79 Å². The molecule has 0 N–H and O–H groups in total. The van der Waals surface area contributed by atoms with Crippen LogP contribution in [0.5, 0.6) is 23.0 Å². The summed E-state index contributed by atoms with van der Waals surface area (Å²) in [6.45, 7) is 0. The third-order valence-corrected chi connectivity index (χ3v) is 6.76. The molecular weight excluding hydrogens is 486 g/mol. The second-order valence-electron chi connectivity index (χ2n) is 7.03. The highest BCUT2D eigenvalue weighted by Gasteiger charge is 2.18. The number of methoxy groups -OCH3 is 3. The SMILES string of the molecule is CN=c1scc(-c2cccs2)n1N=Cc1ccc(OC(=O)c2cc(OC)c(OC)c(OC)c2)cc1. The van der Waals surface area contributed by atoms with Crippen LogP contribution in [0.3, 0.4) is 0 Å². The predicted molar refractivity (Wildman–Crippen MR) is 138 cm³/mol. The molecule has 2 heterocycles. The number of nitrogens with zero attached hydrogens (tertiary/aromatic N) is 3. The maximum atomic E-state index is 12.7. The van der Waals surface area contributed by atoms with Gasteiger partial charge in [0.1, 0.15) is 5.75 Å². The molecule has 35 heavy (non-hydrogen) atoms. The molecule has 2 aromatic heterocycles. The first-order valence-corrected chi connectivity index (χ1v) is 12.2. The number of hydrogen-bond donors (Lipinski definition) is 0. The number of thiazole rings is 1. The molecule has 10 heteroatoms. The maximum Gasteiger partial charge on any atom is 0.343 e. The van der Waals surface area contributed by atoms with Crippen molar-refractivity contribution in [2.24, 2.45) is 10.1 Å². The summed E-state index contributed by atoms with van der Waals surface area (Å²) in [7, 11) is 6.22. The standard InChI is InChI=1S/C25H23N3O5S2/c1-26-25-28(19(15-35-25)22-6-5-11-34-22)27-14-16-7-9-18(10-8-16)33-24(29)17-12-20(30-2)23(32-4)21(13-17)31-3/h5-15H,1-4H3. The van der Waals surface area contributed by atoms with Gasteiger partial charge in [0.25, 0.3) is 0 Å². The highest BCUT2D eigenvalue weighted by molar-refractivity contribution is 7.14. The largest absolute Gasteiger partial charge is 0.493 e. The second kappa shape index (κ2) is 11.0. The van der Waals surface area contributed by atoms with Crippen LogP contribution < -0.4 is 23.7 Å². The van der Waals surface area contributed by atoms with E-state index in [1.165, 1.54) is 32.7 Å². The van der Waals surface area contributed by atoms with Gasteiger partial charge in [-0.1, -0.05) is 6.07 Å². The van der Waals surface area contributed by atoms with Crippen molar-refractivity contribution >= 4 is 34.9 Å². The number of ether oxygens (including phenoxy) is 4. The van der Waals surface area contributed by atoms with Crippen molar-refractivity contribution in [2.75, 3.05) is 28.4 Å². The van der Waals surface area contributed by atoms with Crippen LogP contribution in [0.4, 0.5) is 0 Å². The van der Waals surface area contributed by atoms with Crippen molar-refractivity contribution in [1.82, 2.24) is 4.68 Å². The van der Waals surface area contributed by atoms with Gasteiger partial charge in [-0.25, -0.2) is 9.47 Å². The van der Waals surface area contributed by atoms with Gasteiger partial charge in [0, 0.05) is 12.4 Å². The van der Waals surface area contributed by atoms with E-state index in [0.717, 1.165) is 20.9 Å². The smallest absolute Gasteiger partial charge is 0.343 e. The Morgan fingerprint density at radius 3 is 2.26 bits per heavy atom. The molecule has 0 spiro atoms. The van der Waals surface area contributed by atoms with Gasteiger partial charge in [0.2, 0.25) is 10.6 Å². The minimum atomic E-state index is -0.547. The summed E-state index contributed by atoms with van der Waals surface area (Å²) in [4.78, 5) is 18.9. The van der Waals surface area contributed by atoms with Crippen molar-refractivity contribution in [1.29, 1.82) is 0 Å². The van der Waals surface area contributed by atoms with E-state index in [1.807, 2.05) is 33.6 Å². The molecule has 0 aliphatic rings. The van der Waals surface area contributed by atoms with Gasteiger partial charge in [-0.3, -0.25) is 4.99 Å². The summed E-state index contributed by atoms with van der Waals surface area (Å²) in [6.07, 6.45) is 1.74. The first-order chi connectivity index (χ1) is 17.1. The Morgan fingerprint density at radius 1 is 0.971 bits per heavy atom. The van der Waals surface area contributed by atoms with Gasteiger partial charge in [0.05, 0.1) is 43.7 Å². The number of carbonyl (C=O) groups is 1. The summed E-state index contributed by atoms with van der Waals surface area (Å²) in [5.74, 6) is 0.995. The quantitative estimate of drug-likeness (QED) is 0.191. The van der Waals surface area contributed by atoms with E-state index in [4.69, 9.17) is 18.9 Å². The van der Waals surface area contributed by atoms with Gasteiger partial charge in [0.15, 0.2) is 11.5 Å². The zero-order valence-corrected chi connectivity index (χ0v) is 21.2.